The topological polar surface area (TPSA) is 62.3 Å². The number of anilines is 1. The van der Waals surface area contributed by atoms with E-state index in [9.17, 15) is 18.4 Å². The zero-order valence-electron chi connectivity index (χ0n) is 14.9. The van der Waals surface area contributed by atoms with Crippen LogP contribution in [-0.4, -0.2) is 46.3 Å². The second kappa shape index (κ2) is 9.88. The molecule has 0 atom stereocenters. The Labute approximate surface area is 170 Å². The number of carbonyl (C=O) groups excluding carboxylic acids is 2. The Hall–Kier alpha value is -2.13. The van der Waals surface area contributed by atoms with Crippen LogP contribution in [0.1, 0.15) is 23.2 Å². The molecule has 1 aromatic carbocycles. The lowest BCUT2D eigenvalue weighted by molar-refractivity contribution is -0.113. The van der Waals surface area contributed by atoms with Gasteiger partial charge < -0.3 is 10.2 Å². The number of halogens is 2. The molecule has 0 bridgehead atoms. The minimum Gasteiger partial charge on any atom is -0.339 e. The summed E-state index contributed by atoms with van der Waals surface area (Å²) < 4.78 is 25.2. The predicted octanol–water partition coefficient (Wildman–Crippen LogP) is 4.36. The molecule has 0 aliphatic carbocycles. The average molecular weight is 424 g/mol. The maximum Gasteiger partial charge on any atom is 0.288 e. The molecule has 1 aliphatic heterocycles. The van der Waals surface area contributed by atoms with Crippen molar-refractivity contribution in [3.05, 3.63) is 48.2 Å². The van der Waals surface area contributed by atoms with Gasteiger partial charge in [0.15, 0.2) is 0 Å². The fourth-order valence-corrected chi connectivity index (χ4v) is 4.03. The summed E-state index contributed by atoms with van der Waals surface area (Å²) in [7, 11) is 0. The first kappa shape index (κ1) is 20.6. The quantitative estimate of drug-likeness (QED) is 0.671. The zero-order valence-corrected chi connectivity index (χ0v) is 16.6. The third-order valence-electron chi connectivity index (χ3n) is 4.10. The summed E-state index contributed by atoms with van der Waals surface area (Å²) in [6.45, 7) is 1.56. The van der Waals surface area contributed by atoms with Crippen molar-refractivity contribution in [1.29, 1.82) is 0 Å². The summed E-state index contributed by atoms with van der Waals surface area (Å²) in [6.07, 6.45) is 3.58. The van der Waals surface area contributed by atoms with Crippen molar-refractivity contribution in [2.45, 2.75) is 28.5 Å². The summed E-state index contributed by atoms with van der Waals surface area (Å²) in [5, 5.41) is 3.26. The van der Waals surface area contributed by atoms with Gasteiger partial charge in [-0.2, -0.15) is 8.78 Å². The number of nitrogens with one attached hydrogen (secondary N) is 1. The highest BCUT2D eigenvalue weighted by Gasteiger charge is 2.19. The molecule has 1 fully saturated rings. The van der Waals surface area contributed by atoms with Crippen LogP contribution in [0.25, 0.3) is 0 Å². The summed E-state index contributed by atoms with van der Waals surface area (Å²) in [5.41, 5.74) is 0.895. The van der Waals surface area contributed by atoms with Crippen LogP contribution < -0.4 is 5.32 Å². The predicted molar refractivity (Wildman–Crippen MR) is 107 cm³/mol. The first-order valence-electron chi connectivity index (χ1n) is 8.75. The Morgan fingerprint density at radius 1 is 1.14 bits per heavy atom. The molecule has 1 N–H and O–H groups in total. The highest BCUT2D eigenvalue weighted by atomic mass is 32.2. The van der Waals surface area contributed by atoms with E-state index in [2.05, 4.69) is 10.3 Å². The van der Waals surface area contributed by atoms with Crippen molar-refractivity contribution in [1.82, 2.24) is 9.88 Å². The third-order valence-corrected chi connectivity index (χ3v) is 5.84. The molecule has 2 aromatic rings. The van der Waals surface area contributed by atoms with Crippen molar-refractivity contribution in [3.63, 3.8) is 0 Å². The molecule has 2 amide bonds. The summed E-state index contributed by atoms with van der Waals surface area (Å²) in [4.78, 5) is 30.8. The number of para-hydroxylation sites is 1. The first-order chi connectivity index (χ1) is 13.5. The zero-order chi connectivity index (χ0) is 19.9. The summed E-state index contributed by atoms with van der Waals surface area (Å²) in [5.74, 6) is -2.81. The molecule has 9 heteroatoms. The number of aromatic nitrogens is 1. The molecule has 148 valence electrons. The average Bonchev–Trinajstić information content (AvgIpc) is 3.22. The number of pyridine rings is 1. The number of benzene rings is 1. The lowest BCUT2D eigenvalue weighted by Crippen LogP contribution is -2.27. The van der Waals surface area contributed by atoms with E-state index in [0.29, 0.717) is 32.9 Å². The molecule has 1 aliphatic rings. The van der Waals surface area contributed by atoms with Gasteiger partial charge in [-0.3, -0.25) is 9.59 Å². The van der Waals surface area contributed by atoms with E-state index >= 15 is 0 Å². The van der Waals surface area contributed by atoms with Gasteiger partial charge in [0.2, 0.25) is 5.91 Å². The molecule has 1 saturated heterocycles. The Morgan fingerprint density at radius 2 is 1.89 bits per heavy atom. The normalized spacial score (nSPS) is 13.8. The Balaban J connectivity index is 1.53. The van der Waals surface area contributed by atoms with Crippen LogP contribution in [-0.2, 0) is 4.79 Å². The number of carbonyl (C=O) groups is 2. The van der Waals surface area contributed by atoms with Crippen LogP contribution in [0.5, 0.6) is 0 Å². The van der Waals surface area contributed by atoms with Gasteiger partial charge in [0.1, 0.15) is 0 Å². The van der Waals surface area contributed by atoms with Crippen LogP contribution in [0, 0.1) is 0 Å². The molecule has 3 rings (SSSR count). The molecule has 0 spiro atoms. The van der Waals surface area contributed by atoms with Gasteiger partial charge in [-0.15, -0.1) is 0 Å². The molecule has 1 aromatic heterocycles. The maximum atomic E-state index is 12.6. The van der Waals surface area contributed by atoms with E-state index in [-0.39, 0.29) is 17.6 Å². The van der Waals surface area contributed by atoms with E-state index in [0.717, 1.165) is 25.9 Å². The molecule has 28 heavy (non-hydrogen) atoms. The van der Waals surface area contributed by atoms with Gasteiger partial charge in [-0.05, 0) is 37.1 Å². The second-order valence-corrected chi connectivity index (χ2v) is 8.12. The second-order valence-electron chi connectivity index (χ2n) is 6.10. The van der Waals surface area contributed by atoms with Gasteiger partial charge in [0.25, 0.3) is 11.7 Å². The SMILES string of the molecule is O=C(CSc1ccc(C(=O)N2CCCC2)cn1)Nc1ccccc1SC(F)F. The number of nitrogens with zero attached hydrogens (tertiary/aromatic N) is 2. The fraction of sp³-hybridized carbons (Fsp3) is 0.316. The van der Waals surface area contributed by atoms with Crippen LogP contribution in [0.2, 0.25) is 0 Å². The van der Waals surface area contributed by atoms with E-state index in [4.69, 9.17) is 0 Å². The number of amides is 2. The Kier molecular flexibility index (Phi) is 7.27. The van der Waals surface area contributed by atoms with Crippen LogP contribution >= 0.6 is 23.5 Å². The third kappa shape index (κ3) is 5.68. The highest BCUT2D eigenvalue weighted by Crippen LogP contribution is 2.31. The summed E-state index contributed by atoms with van der Waals surface area (Å²) >= 11 is 1.61. The lowest BCUT2D eigenvalue weighted by Gasteiger charge is -2.14. The molecule has 0 radical (unpaired) electrons. The molecule has 2 heterocycles. The minimum atomic E-state index is -2.56. The van der Waals surface area contributed by atoms with E-state index in [1.807, 2.05) is 4.90 Å². The highest BCUT2D eigenvalue weighted by molar-refractivity contribution is 8.00. The number of hydrogen-bond donors (Lipinski definition) is 1. The molecule has 0 saturated carbocycles. The van der Waals surface area contributed by atoms with Gasteiger partial charge in [0.05, 0.1) is 22.0 Å². The van der Waals surface area contributed by atoms with Crippen LogP contribution in [0.3, 0.4) is 0 Å². The monoisotopic (exact) mass is 423 g/mol. The van der Waals surface area contributed by atoms with Crippen LogP contribution in [0.15, 0.2) is 52.5 Å². The smallest absolute Gasteiger partial charge is 0.288 e. The van der Waals surface area contributed by atoms with Crippen molar-refractivity contribution >= 4 is 41.0 Å². The largest absolute Gasteiger partial charge is 0.339 e. The maximum absolute atomic E-state index is 12.6. The molecular weight excluding hydrogens is 404 g/mol. The lowest BCUT2D eigenvalue weighted by atomic mass is 10.2. The van der Waals surface area contributed by atoms with Gasteiger partial charge in [0, 0.05) is 24.2 Å². The Morgan fingerprint density at radius 3 is 2.57 bits per heavy atom. The first-order valence-corrected chi connectivity index (χ1v) is 10.6. The standard InChI is InChI=1S/C19H19F2N3O2S2/c20-19(21)28-15-6-2-1-5-14(15)23-16(25)12-27-17-8-7-13(11-22-17)18(26)24-9-3-4-10-24/h1-2,5-8,11,19H,3-4,9-10,12H2,(H,23,25). The van der Waals surface area contributed by atoms with Crippen molar-refractivity contribution in [2.75, 3.05) is 24.2 Å². The minimum absolute atomic E-state index is 0.0209. The molecule has 0 unspecified atom stereocenters. The summed E-state index contributed by atoms with van der Waals surface area (Å²) in [6, 6.07) is 9.87. The van der Waals surface area contributed by atoms with Gasteiger partial charge >= 0.3 is 0 Å². The fourth-order valence-electron chi connectivity index (χ4n) is 2.79. The number of rotatable bonds is 7. The van der Waals surface area contributed by atoms with Crippen molar-refractivity contribution < 1.29 is 18.4 Å². The molecule has 5 nitrogen and oxygen atoms in total. The number of thioether (sulfide) groups is 2. The van der Waals surface area contributed by atoms with E-state index in [1.165, 1.54) is 24.0 Å². The van der Waals surface area contributed by atoms with Crippen molar-refractivity contribution in [3.8, 4) is 0 Å². The molecular formula is C19H19F2N3O2S2. The van der Waals surface area contributed by atoms with E-state index < -0.39 is 5.76 Å². The van der Waals surface area contributed by atoms with Gasteiger partial charge in [-0.1, -0.05) is 35.7 Å². The van der Waals surface area contributed by atoms with Crippen LogP contribution in [0.4, 0.5) is 14.5 Å². The Bertz CT molecular complexity index is 828. The number of hydrogen-bond acceptors (Lipinski definition) is 5. The number of alkyl halides is 2. The van der Waals surface area contributed by atoms with E-state index in [1.54, 1.807) is 30.3 Å². The number of likely N-dealkylation sites (tertiary alicyclic amines) is 1. The van der Waals surface area contributed by atoms with Gasteiger partial charge in [-0.25, -0.2) is 4.98 Å². The van der Waals surface area contributed by atoms with Crippen molar-refractivity contribution in [2.24, 2.45) is 0 Å².